The summed E-state index contributed by atoms with van der Waals surface area (Å²) in [6.45, 7) is 4.30. The van der Waals surface area contributed by atoms with Gasteiger partial charge in [-0.1, -0.05) is 6.07 Å². The lowest BCUT2D eigenvalue weighted by molar-refractivity contribution is -0.0440. The molecule has 1 heterocycles. The SMILES string of the molecule is CC1CN(S(=O)(=O)CCNC(=O)Nc2cccc(C#N)c2)CC(C)O1. The number of hydrogen-bond donors (Lipinski definition) is 2. The second-order valence-corrected chi connectivity index (χ2v) is 8.05. The van der Waals surface area contributed by atoms with Crippen molar-refractivity contribution < 1.29 is 17.9 Å². The number of nitrogens with one attached hydrogen (secondary N) is 2. The number of urea groups is 1. The van der Waals surface area contributed by atoms with Crippen molar-refractivity contribution in [3.63, 3.8) is 0 Å². The van der Waals surface area contributed by atoms with Crippen LogP contribution in [0.2, 0.25) is 0 Å². The monoisotopic (exact) mass is 366 g/mol. The van der Waals surface area contributed by atoms with Gasteiger partial charge in [0, 0.05) is 25.3 Å². The van der Waals surface area contributed by atoms with Crippen LogP contribution in [0.4, 0.5) is 10.5 Å². The molecule has 0 spiro atoms. The summed E-state index contributed by atoms with van der Waals surface area (Å²) in [6, 6.07) is 7.92. The van der Waals surface area contributed by atoms with Crippen molar-refractivity contribution in [3.8, 4) is 6.07 Å². The van der Waals surface area contributed by atoms with Gasteiger partial charge in [0.2, 0.25) is 10.0 Å². The lowest BCUT2D eigenvalue weighted by atomic mass is 10.2. The van der Waals surface area contributed by atoms with Gasteiger partial charge in [0.05, 0.1) is 29.6 Å². The predicted molar refractivity (Wildman–Crippen MR) is 93.5 cm³/mol. The van der Waals surface area contributed by atoms with E-state index < -0.39 is 16.1 Å². The molecule has 1 saturated heterocycles. The van der Waals surface area contributed by atoms with Gasteiger partial charge in [-0.05, 0) is 32.0 Å². The van der Waals surface area contributed by atoms with Gasteiger partial charge in [-0.15, -0.1) is 0 Å². The summed E-state index contributed by atoms with van der Waals surface area (Å²) < 4.78 is 31.7. The van der Waals surface area contributed by atoms with Crippen molar-refractivity contribution in [1.82, 2.24) is 9.62 Å². The number of anilines is 1. The zero-order valence-corrected chi connectivity index (χ0v) is 15.0. The molecule has 2 rings (SSSR count). The van der Waals surface area contributed by atoms with E-state index in [-0.39, 0.29) is 24.5 Å². The van der Waals surface area contributed by atoms with E-state index in [2.05, 4.69) is 10.6 Å². The number of benzene rings is 1. The molecule has 0 bridgehead atoms. The van der Waals surface area contributed by atoms with Crippen LogP contribution in [-0.2, 0) is 14.8 Å². The first-order valence-corrected chi connectivity index (χ1v) is 9.59. The smallest absolute Gasteiger partial charge is 0.319 e. The van der Waals surface area contributed by atoms with Gasteiger partial charge < -0.3 is 15.4 Å². The Morgan fingerprint density at radius 3 is 2.68 bits per heavy atom. The zero-order valence-electron chi connectivity index (χ0n) is 14.2. The van der Waals surface area contributed by atoms with Gasteiger partial charge in [0.15, 0.2) is 0 Å². The predicted octanol–water partition coefficient (Wildman–Crippen LogP) is 1.12. The van der Waals surface area contributed by atoms with Gasteiger partial charge >= 0.3 is 6.03 Å². The maximum atomic E-state index is 12.4. The molecule has 0 radical (unpaired) electrons. The molecule has 2 amide bonds. The van der Waals surface area contributed by atoms with E-state index in [1.807, 2.05) is 19.9 Å². The number of rotatable bonds is 5. The van der Waals surface area contributed by atoms with E-state index in [0.717, 1.165) is 0 Å². The number of carbonyl (C=O) groups is 1. The van der Waals surface area contributed by atoms with E-state index >= 15 is 0 Å². The van der Waals surface area contributed by atoms with Crippen LogP contribution in [0.3, 0.4) is 0 Å². The second-order valence-electron chi connectivity index (χ2n) is 5.96. The summed E-state index contributed by atoms with van der Waals surface area (Å²) in [6.07, 6.45) is -0.301. The first kappa shape index (κ1) is 19.2. The number of carbonyl (C=O) groups excluding carboxylic acids is 1. The second kappa shape index (κ2) is 8.29. The maximum Gasteiger partial charge on any atom is 0.319 e. The molecule has 1 fully saturated rings. The van der Waals surface area contributed by atoms with Gasteiger partial charge in [-0.2, -0.15) is 9.57 Å². The Bertz CT molecular complexity index is 750. The number of sulfonamides is 1. The number of hydrogen-bond acceptors (Lipinski definition) is 5. The highest BCUT2D eigenvalue weighted by molar-refractivity contribution is 7.89. The summed E-state index contributed by atoms with van der Waals surface area (Å²) >= 11 is 0. The molecule has 9 heteroatoms. The Morgan fingerprint density at radius 1 is 1.36 bits per heavy atom. The molecular weight excluding hydrogens is 344 g/mol. The maximum absolute atomic E-state index is 12.4. The largest absolute Gasteiger partial charge is 0.373 e. The van der Waals surface area contributed by atoms with E-state index in [1.54, 1.807) is 18.2 Å². The number of nitrogens with zero attached hydrogens (tertiary/aromatic N) is 2. The fraction of sp³-hybridized carbons (Fsp3) is 0.500. The molecule has 8 nitrogen and oxygen atoms in total. The fourth-order valence-electron chi connectivity index (χ4n) is 2.62. The van der Waals surface area contributed by atoms with Gasteiger partial charge in [0.1, 0.15) is 0 Å². The van der Waals surface area contributed by atoms with Crippen molar-refractivity contribution >= 4 is 21.7 Å². The zero-order chi connectivity index (χ0) is 18.4. The van der Waals surface area contributed by atoms with Crippen molar-refractivity contribution in [1.29, 1.82) is 5.26 Å². The third kappa shape index (κ3) is 5.70. The highest BCUT2D eigenvalue weighted by Gasteiger charge is 2.30. The summed E-state index contributed by atoms with van der Waals surface area (Å²) in [5.41, 5.74) is 0.895. The topological polar surface area (TPSA) is 112 Å². The normalized spacial score (nSPS) is 21.3. The Labute approximate surface area is 147 Å². The molecular formula is C16H22N4O4S. The highest BCUT2D eigenvalue weighted by Crippen LogP contribution is 2.14. The minimum Gasteiger partial charge on any atom is -0.373 e. The summed E-state index contributed by atoms with van der Waals surface area (Å²) in [5, 5.41) is 13.9. The molecule has 25 heavy (non-hydrogen) atoms. The van der Waals surface area contributed by atoms with Crippen LogP contribution in [0.5, 0.6) is 0 Å². The fourth-order valence-corrected chi connectivity index (χ4v) is 4.11. The van der Waals surface area contributed by atoms with Gasteiger partial charge in [-0.3, -0.25) is 0 Å². The van der Waals surface area contributed by atoms with E-state index in [1.165, 1.54) is 10.4 Å². The minimum atomic E-state index is -3.46. The van der Waals surface area contributed by atoms with Crippen molar-refractivity contribution in [2.45, 2.75) is 26.1 Å². The molecule has 1 aromatic carbocycles. The van der Waals surface area contributed by atoms with Crippen LogP contribution in [0.15, 0.2) is 24.3 Å². The lowest BCUT2D eigenvalue weighted by Gasteiger charge is -2.34. The summed E-state index contributed by atoms with van der Waals surface area (Å²) in [5.74, 6) is -0.182. The number of ether oxygens (including phenoxy) is 1. The van der Waals surface area contributed by atoms with Crippen molar-refractivity contribution in [2.75, 3.05) is 30.7 Å². The van der Waals surface area contributed by atoms with Crippen molar-refractivity contribution in [2.24, 2.45) is 0 Å². The minimum absolute atomic E-state index is 0.00771. The van der Waals surface area contributed by atoms with Crippen LogP contribution < -0.4 is 10.6 Å². The van der Waals surface area contributed by atoms with E-state index in [0.29, 0.717) is 24.3 Å². The van der Waals surface area contributed by atoms with E-state index in [9.17, 15) is 13.2 Å². The Hall–Kier alpha value is -2.15. The molecule has 1 aromatic rings. The molecule has 136 valence electrons. The van der Waals surface area contributed by atoms with Crippen molar-refractivity contribution in [3.05, 3.63) is 29.8 Å². The van der Waals surface area contributed by atoms with E-state index in [4.69, 9.17) is 10.00 Å². The average molecular weight is 366 g/mol. The van der Waals surface area contributed by atoms with Crippen LogP contribution >= 0.6 is 0 Å². The molecule has 2 unspecified atom stereocenters. The molecule has 2 atom stereocenters. The third-order valence-corrected chi connectivity index (χ3v) is 5.48. The quantitative estimate of drug-likeness (QED) is 0.811. The van der Waals surface area contributed by atoms with Crippen LogP contribution in [0.25, 0.3) is 0 Å². The lowest BCUT2D eigenvalue weighted by Crippen LogP contribution is -2.49. The Kier molecular flexibility index (Phi) is 6.36. The van der Waals surface area contributed by atoms with Crippen LogP contribution in [-0.4, -0.2) is 56.3 Å². The van der Waals surface area contributed by atoms with Gasteiger partial charge in [-0.25, -0.2) is 13.2 Å². The molecule has 0 saturated carbocycles. The third-order valence-electron chi connectivity index (χ3n) is 3.67. The molecule has 0 aromatic heterocycles. The Balaban J connectivity index is 1.82. The van der Waals surface area contributed by atoms with Gasteiger partial charge in [0.25, 0.3) is 0 Å². The first-order chi connectivity index (χ1) is 11.8. The average Bonchev–Trinajstić information content (AvgIpc) is 2.54. The molecule has 1 aliphatic heterocycles. The number of nitriles is 1. The standard InChI is InChI=1S/C16H22N4O4S/c1-12-10-20(11-13(2)24-12)25(22,23)7-6-18-16(21)19-15-5-3-4-14(8-15)9-17/h3-5,8,12-13H,6-7,10-11H2,1-2H3,(H2,18,19,21). The molecule has 2 N–H and O–H groups in total. The molecule has 1 aliphatic rings. The number of morpholine rings is 1. The van der Waals surface area contributed by atoms with Crippen LogP contribution in [0, 0.1) is 11.3 Å². The highest BCUT2D eigenvalue weighted by atomic mass is 32.2. The summed E-state index contributed by atoms with van der Waals surface area (Å²) in [7, 11) is -3.46. The Morgan fingerprint density at radius 2 is 2.04 bits per heavy atom. The first-order valence-electron chi connectivity index (χ1n) is 7.98. The number of amides is 2. The molecule has 0 aliphatic carbocycles. The van der Waals surface area contributed by atoms with Crippen LogP contribution in [0.1, 0.15) is 19.4 Å². The summed E-state index contributed by atoms with van der Waals surface area (Å²) in [4.78, 5) is 11.8.